The Morgan fingerprint density at radius 3 is 2.61 bits per heavy atom. The zero-order chi connectivity index (χ0) is 23.1. The summed E-state index contributed by atoms with van der Waals surface area (Å²) < 4.78 is 15.4. The summed E-state index contributed by atoms with van der Waals surface area (Å²) in [7, 11) is 0. The van der Waals surface area contributed by atoms with Crippen LogP contribution in [0.3, 0.4) is 0 Å². The average Bonchev–Trinajstić information content (AvgIpc) is 3.50. The maximum Gasteiger partial charge on any atom is 0.231 e. The summed E-state index contributed by atoms with van der Waals surface area (Å²) in [5.74, 6) is -0.138. The highest BCUT2D eigenvalue weighted by Crippen LogP contribution is 2.34. The highest BCUT2D eigenvalue weighted by molar-refractivity contribution is 7.14. The summed E-state index contributed by atoms with van der Waals surface area (Å²) in [5.41, 5.74) is 4.70. The lowest BCUT2D eigenvalue weighted by Crippen LogP contribution is -2.44. The number of carbonyl (C=O) groups is 2. The van der Waals surface area contributed by atoms with E-state index in [1.807, 2.05) is 24.1 Å². The molecule has 172 valence electrons. The quantitative estimate of drug-likeness (QED) is 0.579. The highest BCUT2D eigenvalue weighted by atomic mass is 32.1. The van der Waals surface area contributed by atoms with E-state index in [1.54, 1.807) is 12.1 Å². The molecule has 6 nitrogen and oxygen atoms in total. The van der Waals surface area contributed by atoms with E-state index in [9.17, 15) is 14.0 Å². The lowest BCUT2D eigenvalue weighted by Gasteiger charge is -2.32. The van der Waals surface area contributed by atoms with Gasteiger partial charge in [-0.1, -0.05) is 0 Å². The van der Waals surface area contributed by atoms with Gasteiger partial charge in [-0.25, -0.2) is 9.37 Å². The Kier molecular flexibility index (Phi) is 5.78. The van der Waals surface area contributed by atoms with Gasteiger partial charge in [0, 0.05) is 47.0 Å². The van der Waals surface area contributed by atoms with Gasteiger partial charge in [0.15, 0.2) is 5.13 Å². The molecule has 2 aromatic heterocycles. The van der Waals surface area contributed by atoms with Gasteiger partial charge in [-0.3, -0.25) is 9.59 Å². The minimum atomic E-state index is -0.265. The number of piperidine rings is 1. The van der Waals surface area contributed by atoms with Gasteiger partial charge in [-0.15, -0.1) is 11.3 Å². The predicted molar refractivity (Wildman–Crippen MR) is 127 cm³/mol. The van der Waals surface area contributed by atoms with Crippen molar-refractivity contribution in [1.29, 1.82) is 0 Å². The van der Waals surface area contributed by atoms with E-state index in [1.165, 1.54) is 23.5 Å². The molecular formula is C25H27FN4O2S. The molecule has 0 radical (unpaired) electrons. The van der Waals surface area contributed by atoms with Crippen molar-refractivity contribution in [3.05, 3.63) is 52.9 Å². The van der Waals surface area contributed by atoms with Gasteiger partial charge in [0.1, 0.15) is 5.82 Å². The summed E-state index contributed by atoms with van der Waals surface area (Å²) in [5, 5.41) is 5.47. The molecule has 2 amide bonds. The van der Waals surface area contributed by atoms with Gasteiger partial charge >= 0.3 is 0 Å². The van der Waals surface area contributed by atoms with Gasteiger partial charge in [0.05, 0.1) is 11.6 Å². The second-order valence-corrected chi connectivity index (χ2v) is 9.88. The fourth-order valence-electron chi connectivity index (χ4n) is 4.65. The largest absolute Gasteiger partial charge is 0.342 e. The molecule has 1 aromatic carbocycles. The number of hydrogen-bond donors (Lipinski definition) is 1. The van der Waals surface area contributed by atoms with E-state index in [4.69, 9.17) is 0 Å². The third-order valence-corrected chi connectivity index (χ3v) is 7.31. The van der Waals surface area contributed by atoms with Crippen molar-refractivity contribution in [2.24, 2.45) is 11.8 Å². The smallest absolute Gasteiger partial charge is 0.231 e. The normalized spacial score (nSPS) is 18.4. The molecule has 2 fully saturated rings. The molecule has 5 rings (SSSR count). The van der Waals surface area contributed by atoms with E-state index in [2.05, 4.69) is 20.9 Å². The Balaban J connectivity index is 1.29. The van der Waals surface area contributed by atoms with Gasteiger partial charge in [0.2, 0.25) is 11.8 Å². The average molecular weight is 467 g/mol. The van der Waals surface area contributed by atoms with Crippen LogP contribution in [0.15, 0.2) is 35.7 Å². The van der Waals surface area contributed by atoms with Crippen LogP contribution in [-0.2, 0) is 9.59 Å². The molecule has 3 aromatic rings. The first-order valence-electron chi connectivity index (χ1n) is 11.4. The summed E-state index contributed by atoms with van der Waals surface area (Å²) in [6, 6.07) is 8.48. The van der Waals surface area contributed by atoms with Crippen LogP contribution in [0.1, 0.15) is 37.1 Å². The summed E-state index contributed by atoms with van der Waals surface area (Å²) in [6.45, 7) is 5.27. The third-order valence-electron chi connectivity index (χ3n) is 6.56. The van der Waals surface area contributed by atoms with Crippen LogP contribution in [0, 0.1) is 31.5 Å². The monoisotopic (exact) mass is 466 g/mol. The second-order valence-electron chi connectivity index (χ2n) is 9.02. The molecule has 8 heteroatoms. The number of benzene rings is 1. The summed E-state index contributed by atoms with van der Waals surface area (Å²) in [4.78, 5) is 31.8. The first-order chi connectivity index (χ1) is 15.9. The van der Waals surface area contributed by atoms with Crippen LogP contribution in [-0.4, -0.2) is 39.4 Å². The van der Waals surface area contributed by atoms with Crippen LogP contribution in [0.2, 0.25) is 0 Å². The maximum absolute atomic E-state index is 13.3. The molecule has 0 spiro atoms. The van der Waals surface area contributed by atoms with Crippen LogP contribution >= 0.6 is 11.3 Å². The van der Waals surface area contributed by atoms with Crippen LogP contribution < -0.4 is 5.32 Å². The number of likely N-dealkylation sites (tertiary alicyclic amines) is 1. The zero-order valence-electron chi connectivity index (χ0n) is 18.8. The van der Waals surface area contributed by atoms with Crippen molar-refractivity contribution in [3.63, 3.8) is 0 Å². The standard InChI is InChI=1S/C25H27FN4O2S/c1-15-12-21(16(2)30(15)20-9-7-19(26)8-10-20)22-14-33-25(27-22)28-23(31)18-4-3-11-29(13-18)24(32)17-5-6-17/h7-10,12,14,17-18H,3-6,11,13H2,1-2H3,(H,27,28,31). The Morgan fingerprint density at radius 1 is 1.12 bits per heavy atom. The van der Waals surface area contributed by atoms with Crippen LogP contribution in [0.4, 0.5) is 9.52 Å². The molecule has 1 saturated carbocycles. The third kappa shape index (κ3) is 4.44. The SMILES string of the molecule is Cc1cc(-c2csc(NC(=O)C3CCCN(C(=O)C4CC4)C3)n2)c(C)n1-c1ccc(F)cc1. The molecule has 33 heavy (non-hydrogen) atoms. The topological polar surface area (TPSA) is 67.2 Å². The number of carbonyl (C=O) groups excluding carboxylic acids is 2. The number of nitrogens with zero attached hydrogens (tertiary/aromatic N) is 3. The van der Waals surface area contributed by atoms with Crippen molar-refractivity contribution in [1.82, 2.24) is 14.5 Å². The number of hydrogen-bond acceptors (Lipinski definition) is 4. The molecule has 1 N–H and O–H groups in total. The molecule has 1 atom stereocenters. The summed E-state index contributed by atoms with van der Waals surface area (Å²) >= 11 is 1.40. The van der Waals surface area contributed by atoms with E-state index in [0.29, 0.717) is 11.7 Å². The van der Waals surface area contributed by atoms with Gasteiger partial charge in [-0.2, -0.15) is 0 Å². The van der Waals surface area contributed by atoms with Crippen molar-refractivity contribution in [2.75, 3.05) is 18.4 Å². The van der Waals surface area contributed by atoms with E-state index >= 15 is 0 Å². The van der Waals surface area contributed by atoms with Gasteiger partial charge in [0.25, 0.3) is 0 Å². The Labute approximate surface area is 196 Å². The number of amides is 2. The fourth-order valence-corrected chi connectivity index (χ4v) is 5.37. The summed E-state index contributed by atoms with van der Waals surface area (Å²) in [6.07, 6.45) is 3.61. The highest BCUT2D eigenvalue weighted by Gasteiger charge is 2.36. The zero-order valence-corrected chi connectivity index (χ0v) is 19.6. The first kappa shape index (κ1) is 21.8. The maximum atomic E-state index is 13.3. The van der Waals surface area contributed by atoms with E-state index in [-0.39, 0.29) is 29.5 Å². The lowest BCUT2D eigenvalue weighted by molar-refractivity contribution is -0.135. The number of rotatable bonds is 5. The van der Waals surface area contributed by atoms with Gasteiger partial charge < -0.3 is 14.8 Å². The number of anilines is 1. The lowest BCUT2D eigenvalue weighted by atomic mass is 9.97. The first-order valence-corrected chi connectivity index (χ1v) is 12.3. The predicted octanol–water partition coefficient (Wildman–Crippen LogP) is 4.94. The number of aryl methyl sites for hydroxylation is 1. The molecule has 3 heterocycles. The minimum absolute atomic E-state index is 0.0685. The van der Waals surface area contributed by atoms with Crippen molar-refractivity contribution >= 4 is 28.3 Å². The van der Waals surface area contributed by atoms with E-state index in [0.717, 1.165) is 60.6 Å². The number of thiazole rings is 1. The van der Waals surface area contributed by atoms with Crippen molar-refractivity contribution < 1.29 is 14.0 Å². The Hall–Kier alpha value is -3.00. The number of halogens is 1. The Bertz CT molecular complexity index is 1200. The van der Waals surface area contributed by atoms with Crippen molar-refractivity contribution in [2.45, 2.75) is 39.5 Å². The van der Waals surface area contributed by atoms with Crippen LogP contribution in [0.25, 0.3) is 16.9 Å². The molecule has 1 saturated heterocycles. The molecule has 1 aliphatic heterocycles. The number of aromatic nitrogens is 2. The van der Waals surface area contributed by atoms with Crippen molar-refractivity contribution in [3.8, 4) is 16.9 Å². The molecule has 2 aliphatic rings. The molecular weight excluding hydrogens is 439 g/mol. The van der Waals surface area contributed by atoms with E-state index < -0.39 is 0 Å². The second kappa shape index (κ2) is 8.74. The fraction of sp³-hybridized carbons (Fsp3) is 0.400. The minimum Gasteiger partial charge on any atom is -0.342 e. The molecule has 1 unspecified atom stereocenters. The molecule has 1 aliphatic carbocycles. The number of nitrogens with one attached hydrogen (secondary N) is 1. The molecule has 0 bridgehead atoms. The Morgan fingerprint density at radius 2 is 1.88 bits per heavy atom. The van der Waals surface area contributed by atoms with Crippen LogP contribution in [0.5, 0.6) is 0 Å². The van der Waals surface area contributed by atoms with Gasteiger partial charge in [-0.05, 0) is 69.9 Å².